The molecule has 0 bridgehead atoms. The molecule has 0 aromatic rings. The maximum atomic E-state index is 12.2. The first-order valence-electron chi connectivity index (χ1n) is 10.3. The van der Waals surface area contributed by atoms with Gasteiger partial charge in [0.05, 0.1) is 32.3 Å². The van der Waals surface area contributed by atoms with Gasteiger partial charge in [-0.25, -0.2) is 0 Å². The summed E-state index contributed by atoms with van der Waals surface area (Å²) in [6.07, 6.45) is 8.74. The van der Waals surface area contributed by atoms with E-state index in [1.165, 1.54) is 0 Å². The fourth-order valence-corrected chi connectivity index (χ4v) is 4.16. The van der Waals surface area contributed by atoms with Crippen molar-refractivity contribution < 1.29 is 27.7 Å². The normalized spacial score (nSPS) is 38.0. The quantitative estimate of drug-likeness (QED) is 0.608. The molecule has 2 saturated heterocycles. The van der Waals surface area contributed by atoms with Crippen LogP contribution in [0, 0.1) is 23.7 Å². The molecule has 2 heterocycles. The number of halogens is 2. The second kappa shape index (κ2) is 10.6. The van der Waals surface area contributed by atoms with Crippen molar-refractivity contribution in [3.05, 3.63) is 24.3 Å². The van der Waals surface area contributed by atoms with Crippen LogP contribution in [0.25, 0.3) is 0 Å². The van der Waals surface area contributed by atoms with E-state index in [0.29, 0.717) is 50.6 Å². The van der Waals surface area contributed by atoms with E-state index in [4.69, 9.17) is 18.9 Å². The smallest absolute Gasteiger partial charge is 0.266 e. The summed E-state index contributed by atoms with van der Waals surface area (Å²) in [4.78, 5) is 0. The molecule has 2 aliphatic heterocycles. The first-order valence-corrected chi connectivity index (χ1v) is 10.3. The van der Waals surface area contributed by atoms with Gasteiger partial charge in [-0.1, -0.05) is 19.1 Å². The van der Waals surface area contributed by atoms with E-state index in [2.05, 4.69) is 19.1 Å². The predicted molar refractivity (Wildman–Crippen MR) is 98.2 cm³/mol. The lowest BCUT2D eigenvalue weighted by Gasteiger charge is -2.40. The van der Waals surface area contributed by atoms with Gasteiger partial charge in [-0.05, 0) is 50.5 Å². The lowest BCUT2D eigenvalue weighted by atomic mass is 9.80. The Balaban J connectivity index is 1.35. The van der Waals surface area contributed by atoms with Crippen molar-refractivity contribution in [2.24, 2.45) is 23.7 Å². The molecule has 154 valence electrons. The van der Waals surface area contributed by atoms with Crippen LogP contribution in [-0.4, -0.2) is 39.0 Å². The topological polar surface area (TPSA) is 36.9 Å². The van der Waals surface area contributed by atoms with Gasteiger partial charge in [0.2, 0.25) is 0 Å². The molecule has 0 amide bonds. The second-order valence-electron chi connectivity index (χ2n) is 7.94. The number of ether oxygens (including phenoxy) is 4. The van der Waals surface area contributed by atoms with Crippen molar-refractivity contribution in [2.45, 2.75) is 58.0 Å². The zero-order chi connectivity index (χ0) is 19.1. The Kier molecular flexibility index (Phi) is 8.24. The van der Waals surface area contributed by atoms with Gasteiger partial charge in [0.15, 0.2) is 12.6 Å². The first-order chi connectivity index (χ1) is 13.2. The molecule has 0 aromatic heterocycles. The maximum absolute atomic E-state index is 12.2. The molecular formula is C21H32F2O4. The second-order valence-corrected chi connectivity index (χ2v) is 7.94. The van der Waals surface area contributed by atoms with Gasteiger partial charge < -0.3 is 18.9 Å². The summed E-state index contributed by atoms with van der Waals surface area (Å²) in [5.41, 5.74) is 0. The Hall–Kier alpha value is -0.820. The summed E-state index contributed by atoms with van der Waals surface area (Å²) in [7, 11) is 0. The molecule has 0 N–H and O–H groups in total. The fraction of sp³-hybridized carbons (Fsp3) is 0.810. The molecule has 27 heavy (non-hydrogen) atoms. The van der Waals surface area contributed by atoms with Crippen LogP contribution in [0.5, 0.6) is 0 Å². The summed E-state index contributed by atoms with van der Waals surface area (Å²) >= 11 is 0. The van der Waals surface area contributed by atoms with Gasteiger partial charge in [0.25, 0.3) is 6.08 Å². The molecule has 1 aliphatic carbocycles. The fourth-order valence-electron chi connectivity index (χ4n) is 4.16. The molecule has 6 heteroatoms. The van der Waals surface area contributed by atoms with Crippen molar-refractivity contribution >= 4 is 0 Å². The highest BCUT2D eigenvalue weighted by Crippen LogP contribution is 2.36. The van der Waals surface area contributed by atoms with Crippen LogP contribution in [-0.2, 0) is 18.9 Å². The van der Waals surface area contributed by atoms with Gasteiger partial charge in [-0.3, -0.25) is 0 Å². The van der Waals surface area contributed by atoms with Crippen LogP contribution in [0.2, 0.25) is 0 Å². The van der Waals surface area contributed by atoms with E-state index in [1.807, 2.05) is 0 Å². The molecule has 4 nitrogen and oxygen atoms in total. The third-order valence-electron chi connectivity index (χ3n) is 5.81. The molecule has 0 radical (unpaired) electrons. The van der Waals surface area contributed by atoms with Crippen LogP contribution in [0.4, 0.5) is 8.78 Å². The molecule has 0 spiro atoms. The number of rotatable bonds is 6. The van der Waals surface area contributed by atoms with Gasteiger partial charge in [-0.15, -0.1) is 0 Å². The number of allylic oxidation sites excluding steroid dienone is 2. The number of hydrogen-bond donors (Lipinski definition) is 0. The Morgan fingerprint density at radius 3 is 2.04 bits per heavy atom. The summed E-state index contributed by atoms with van der Waals surface area (Å²) in [6, 6.07) is 0. The van der Waals surface area contributed by atoms with Crippen LogP contribution in [0.15, 0.2) is 24.3 Å². The standard InChI is InChI=1S/C21H32F2O4/c1-2-3-4-16-11-24-21(25-12-16)18-13-26-20(27-14-18)17-8-5-15(6-9-17)7-10-19(22)23/h3-4,10,15-18,20-21H,2,5-9,11-14H2,1H3/b4-3+. The Morgan fingerprint density at radius 2 is 1.44 bits per heavy atom. The van der Waals surface area contributed by atoms with E-state index in [-0.39, 0.29) is 18.5 Å². The van der Waals surface area contributed by atoms with E-state index in [1.54, 1.807) is 0 Å². The lowest BCUT2D eigenvalue weighted by molar-refractivity contribution is -0.288. The van der Waals surface area contributed by atoms with E-state index in [9.17, 15) is 8.78 Å². The molecule has 1 saturated carbocycles. The maximum Gasteiger partial charge on any atom is 0.266 e. The first kappa shape index (κ1) is 20.9. The molecule has 3 fully saturated rings. The minimum Gasteiger partial charge on any atom is -0.352 e. The van der Waals surface area contributed by atoms with Gasteiger partial charge in [0, 0.05) is 11.8 Å². The van der Waals surface area contributed by atoms with E-state index >= 15 is 0 Å². The highest BCUT2D eigenvalue weighted by molar-refractivity contribution is 4.89. The lowest BCUT2D eigenvalue weighted by Crippen LogP contribution is -2.46. The summed E-state index contributed by atoms with van der Waals surface area (Å²) < 4.78 is 48.1. The minimum atomic E-state index is -1.57. The van der Waals surface area contributed by atoms with Gasteiger partial charge >= 0.3 is 0 Å². The van der Waals surface area contributed by atoms with Crippen LogP contribution < -0.4 is 0 Å². The van der Waals surface area contributed by atoms with Gasteiger partial charge in [0.1, 0.15) is 0 Å². The highest BCUT2D eigenvalue weighted by Gasteiger charge is 2.36. The third kappa shape index (κ3) is 6.34. The largest absolute Gasteiger partial charge is 0.352 e. The highest BCUT2D eigenvalue weighted by atomic mass is 19.3. The molecule has 0 unspecified atom stereocenters. The van der Waals surface area contributed by atoms with Crippen LogP contribution in [0.1, 0.15) is 45.4 Å². The zero-order valence-corrected chi connectivity index (χ0v) is 16.2. The molecular weight excluding hydrogens is 354 g/mol. The summed E-state index contributed by atoms with van der Waals surface area (Å²) in [5, 5.41) is 0. The summed E-state index contributed by atoms with van der Waals surface area (Å²) in [5.74, 6) is 1.15. The van der Waals surface area contributed by atoms with Crippen LogP contribution >= 0.6 is 0 Å². The minimum absolute atomic E-state index is 0.103. The van der Waals surface area contributed by atoms with Crippen molar-refractivity contribution in [1.82, 2.24) is 0 Å². The van der Waals surface area contributed by atoms with Crippen LogP contribution in [0.3, 0.4) is 0 Å². The van der Waals surface area contributed by atoms with Crippen molar-refractivity contribution in [1.29, 1.82) is 0 Å². The summed E-state index contributed by atoms with van der Waals surface area (Å²) in [6.45, 7) is 4.64. The molecule has 0 atom stereocenters. The Morgan fingerprint density at radius 1 is 0.852 bits per heavy atom. The van der Waals surface area contributed by atoms with E-state index in [0.717, 1.165) is 38.2 Å². The average molecular weight is 386 g/mol. The molecule has 0 aromatic carbocycles. The molecule has 3 rings (SSSR count). The Bertz CT molecular complexity index is 482. The predicted octanol–water partition coefficient (Wildman–Crippen LogP) is 4.91. The third-order valence-corrected chi connectivity index (χ3v) is 5.81. The van der Waals surface area contributed by atoms with Crippen molar-refractivity contribution in [3.63, 3.8) is 0 Å². The van der Waals surface area contributed by atoms with Gasteiger partial charge in [-0.2, -0.15) is 8.78 Å². The SMILES string of the molecule is CC/C=C/C1COC(C2COC(C3CCC(CC=C(F)F)CC3)OC2)OC1. The van der Waals surface area contributed by atoms with Crippen molar-refractivity contribution in [2.75, 3.05) is 26.4 Å². The Labute approximate surface area is 160 Å². The monoisotopic (exact) mass is 386 g/mol. The number of hydrogen-bond acceptors (Lipinski definition) is 4. The van der Waals surface area contributed by atoms with E-state index < -0.39 is 6.08 Å². The average Bonchev–Trinajstić information content (AvgIpc) is 2.72. The molecule has 3 aliphatic rings. The van der Waals surface area contributed by atoms with Crippen molar-refractivity contribution in [3.8, 4) is 0 Å². The zero-order valence-electron chi connectivity index (χ0n) is 16.2.